The summed E-state index contributed by atoms with van der Waals surface area (Å²) >= 11 is 1.56. The Labute approximate surface area is 102 Å². The number of nitro groups is 1. The highest BCUT2D eigenvalue weighted by molar-refractivity contribution is 7.99. The van der Waals surface area contributed by atoms with Gasteiger partial charge in [-0.25, -0.2) is 9.97 Å². The summed E-state index contributed by atoms with van der Waals surface area (Å²) in [5, 5.41) is 11.2. The van der Waals surface area contributed by atoms with Gasteiger partial charge in [0.1, 0.15) is 6.20 Å². The van der Waals surface area contributed by atoms with E-state index in [9.17, 15) is 10.1 Å². The lowest BCUT2D eigenvalue weighted by atomic mass is 10.4. The number of hydrogen-bond donors (Lipinski definition) is 0. The molecule has 0 atom stereocenters. The van der Waals surface area contributed by atoms with Gasteiger partial charge in [0, 0.05) is 30.8 Å². The molecule has 0 fully saturated rings. The number of nitrogens with zero attached hydrogens (tertiary/aromatic N) is 4. The SMILES string of the molecule is O=[N+]([O-])c1ccc(SCCn2ccnc2)nc1. The van der Waals surface area contributed by atoms with Crippen LogP contribution in [0.1, 0.15) is 0 Å². The molecule has 0 unspecified atom stereocenters. The molecule has 17 heavy (non-hydrogen) atoms. The fourth-order valence-corrected chi connectivity index (χ4v) is 2.04. The summed E-state index contributed by atoms with van der Waals surface area (Å²) < 4.78 is 1.97. The second kappa shape index (κ2) is 5.44. The van der Waals surface area contributed by atoms with Gasteiger partial charge in [-0.2, -0.15) is 0 Å². The Morgan fingerprint density at radius 1 is 1.47 bits per heavy atom. The van der Waals surface area contributed by atoms with Crippen LogP contribution in [0, 0.1) is 10.1 Å². The van der Waals surface area contributed by atoms with E-state index in [-0.39, 0.29) is 5.69 Å². The average molecular weight is 250 g/mol. The summed E-state index contributed by atoms with van der Waals surface area (Å²) in [6.07, 6.45) is 6.65. The predicted octanol–water partition coefficient (Wildman–Crippen LogP) is 1.98. The topological polar surface area (TPSA) is 73.8 Å². The summed E-state index contributed by atoms with van der Waals surface area (Å²) in [5.41, 5.74) is 0.0176. The third kappa shape index (κ3) is 3.28. The molecule has 88 valence electrons. The lowest BCUT2D eigenvalue weighted by Gasteiger charge is -2.01. The minimum Gasteiger partial charge on any atom is -0.337 e. The zero-order chi connectivity index (χ0) is 12.1. The lowest BCUT2D eigenvalue weighted by molar-refractivity contribution is -0.385. The van der Waals surface area contributed by atoms with Gasteiger partial charge in [-0.15, -0.1) is 11.8 Å². The van der Waals surface area contributed by atoms with Crippen LogP contribution < -0.4 is 0 Å². The fraction of sp³-hybridized carbons (Fsp3) is 0.200. The van der Waals surface area contributed by atoms with Crippen LogP contribution in [-0.4, -0.2) is 25.2 Å². The first kappa shape index (κ1) is 11.6. The zero-order valence-corrected chi connectivity index (χ0v) is 9.71. The third-order valence-corrected chi connectivity index (χ3v) is 3.01. The molecule has 0 spiro atoms. The quantitative estimate of drug-likeness (QED) is 0.461. The van der Waals surface area contributed by atoms with Crippen molar-refractivity contribution < 1.29 is 4.92 Å². The molecular formula is C10H10N4O2S. The van der Waals surface area contributed by atoms with Crippen LogP contribution in [0.25, 0.3) is 0 Å². The molecule has 2 aromatic rings. The molecule has 0 saturated carbocycles. The molecule has 2 rings (SSSR count). The van der Waals surface area contributed by atoms with Crippen molar-refractivity contribution in [2.75, 3.05) is 5.75 Å². The van der Waals surface area contributed by atoms with Crippen LogP contribution in [0.3, 0.4) is 0 Å². The molecular weight excluding hydrogens is 240 g/mol. The maximum atomic E-state index is 10.4. The third-order valence-electron chi connectivity index (χ3n) is 2.09. The summed E-state index contributed by atoms with van der Waals surface area (Å²) in [6, 6.07) is 3.13. The Morgan fingerprint density at radius 2 is 2.35 bits per heavy atom. The Hall–Kier alpha value is -1.89. The summed E-state index contributed by atoms with van der Waals surface area (Å²) in [6.45, 7) is 0.837. The Bertz CT molecular complexity index is 484. The van der Waals surface area contributed by atoms with Crippen molar-refractivity contribution in [1.29, 1.82) is 0 Å². The molecule has 2 aromatic heterocycles. The van der Waals surface area contributed by atoms with E-state index in [1.54, 1.807) is 30.4 Å². The van der Waals surface area contributed by atoms with Crippen LogP contribution in [-0.2, 0) is 6.54 Å². The number of imidazole rings is 1. The van der Waals surface area contributed by atoms with Crippen molar-refractivity contribution in [2.24, 2.45) is 0 Å². The molecule has 0 aromatic carbocycles. The van der Waals surface area contributed by atoms with E-state index in [0.717, 1.165) is 17.3 Å². The minimum absolute atomic E-state index is 0.0176. The van der Waals surface area contributed by atoms with Gasteiger partial charge in [0.25, 0.3) is 5.69 Å². The number of rotatable bonds is 5. The number of aromatic nitrogens is 3. The van der Waals surface area contributed by atoms with Gasteiger partial charge >= 0.3 is 0 Å². The molecule has 7 heteroatoms. The van der Waals surface area contributed by atoms with Gasteiger partial charge in [0.05, 0.1) is 16.3 Å². The van der Waals surface area contributed by atoms with Crippen LogP contribution >= 0.6 is 11.8 Å². The van der Waals surface area contributed by atoms with Crippen molar-refractivity contribution in [3.63, 3.8) is 0 Å². The summed E-state index contributed by atoms with van der Waals surface area (Å²) in [4.78, 5) is 17.9. The Morgan fingerprint density at radius 3 is 2.94 bits per heavy atom. The van der Waals surface area contributed by atoms with E-state index in [2.05, 4.69) is 9.97 Å². The van der Waals surface area contributed by atoms with E-state index >= 15 is 0 Å². The molecule has 0 N–H and O–H groups in total. The van der Waals surface area contributed by atoms with Crippen LogP contribution in [0.5, 0.6) is 0 Å². The minimum atomic E-state index is -0.451. The zero-order valence-electron chi connectivity index (χ0n) is 8.89. The molecule has 0 bridgehead atoms. The van der Waals surface area contributed by atoms with Crippen molar-refractivity contribution in [3.8, 4) is 0 Å². The van der Waals surface area contributed by atoms with E-state index < -0.39 is 4.92 Å². The van der Waals surface area contributed by atoms with E-state index in [1.807, 2.05) is 10.8 Å². The molecule has 0 radical (unpaired) electrons. The summed E-state index contributed by atoms with van der Waals surface area (Å²) in [7, 11) is 0. The second-order valence-electron chi connectivity index (χ2n) is 3.26. The second-order valence-corrected chi connectivity index (χ2v) is 4.38. The van der Waals surface area contributed by atoms with Gasteiger partial charge in [0.15, 0.2) is 0 Å². The standard InChI is InChI=1S/C10H10N4O2S/c15-14(16)9-1-2-10(12-7-9)17-6-5-13-4-3-11-8-13/h1-4,7-8H,5-6H2. The molecule has 2 heterocycles. The van der Waals surface area contributed by atoms with Crippen molar-refractivity contribution >= 4 is 17.4 Å². The summed E-state index contributed by atoms with van der Waals surface area (Å²) in [5.74, 6) is 0.848. The smallest absolute Gasteiger partial charge is 0.287 e. The number of hydrogen-bond acceptors (Lipinski definition) is 5. The first-order valence-corrected chi connectivity index (χ1v) is 5.93. The van der Waals surface area contributed by atoms with E-state index in [1.165, 1.54) is 12.3 Å². The normalized spacial score (nSPS) is 10.4. The van der Waals surface area contributed by atoms with Gasteiger partial charge in [-0.05, 0) is 6.07 Å². The van der Waals surface area contributed by atoms with E-state index in [4.69, 9.17) is 0 Å². The fourth-order valence-electron chi connectivity index (χ4n) is 1.24. The highest BCUT2D eigenvalue weighted by Crippen LogP contribution is 2.18. The van der Waals surface area contributed by atoms with Gasteiger partial charge < -0.3 is 4.57 Å². The van der Waals surface area contributed by atoms with Gasteiger partial charge in [-0.1, -0.05) is 0 Å². The maximum Gasteiger partial charge on any atom is 0.287 e. The molecule has 0 aliphatic heterocycles. The largest absolute Gasteiger partial charge is 0.337 e. The molecule has 0 saturated heterocycles. The Kier molecular flexibility index (Phi) is 3.71. The monoisotopic (exact) mass is 250 g/mol. The first-order chi connectivity index (χ1) is 8.25. The first-order valence-electron chi connectivity index (χ1n) is 4.95. The van der Waals surface area contributed by atoms with Crippen LogP contribution in [0.4, 0.5) is 5.69 Å². The van der Waals surface area contributed by atoms with Crippen LogP contribution in [0.2, 0.25) is 0 Å². The van der Waals surface area contributed by atoms with Gasteiger partial charge in [0.2, 0.25) is 0 Å². The Balaban J connectivity index is 1.85. The average Bonchev–Trinajstić information content (AvgIpc) is 2.83. The van der Waals surface area contributed by atoms with Gasteiger partial charge in [-0.3, -0.25) is 10.1 Å². The van der Waals surface area contributed by atoms with Crippen molar-refractivity contribution in [1.82, 2.24) is 14.5 Å². The number of aryl methyl sites for hydroxylation is 1. The molecule has 6 nitrogen and oxygen atoms in total. The molecule has 0 amide bonds. The predicted molar refractivity (Wildman–Crippen MR) is 63.8 cm³/mol. The number of thioether (sulfide) groups is 1. The van der Waals surface area contributed by atoms with E-state index in [0.29, 0.717) is 0 Å². The highest BCUT2D eigenvalue weighted by atomic mass is 32.2. The lowest BCUT2D eigenvalue weighted by Crippen LogP contribution is -1.97. The van der Waals surface area contributed by atoms with Crippen molar-refractivity contribution in [3.05, 3.63) is 47.2 Å². The molecule has 0 aliphatic rings. The van der Waals surface area contributed by atoms with Crippen molar-refractivity contribution in [2.45, 2.75) is 11.6 Å². The van der Waals surface area contributed by atoms with Crippen LogP contribution in [0.15, 0.2) is 42.1 Å². The number of pyridine rings is 1. The highest BCUT2D eigenvalue weighted by Gasteiger charge is 2.05. The molecule has 0 aliphatic carbocycles. The maximum absolute atomic E-state index is 10.4.